The number of hydrogen-bond acceptors (Lipinski definition) is 4. The maximum absolute atomic E-state index is 11.1. The van der Waals surface area contributed by atoms with E-state index in [-0.39, 0.29) is 18.7 Å². The standard InChI is InChI=1S/C11H20O4/c1-5-14-7-6-10(13-4)8-15-11(12)9(2)3/h10H,2,5-8H2,1,3-4H3. The predicted octanol–water partition coefficient (Wildman–Crippen LogP) is 1.55. The maximum atomic E-state index is 11.1. The van der Waals surface area contributed by atoms with Crippen LogP contribution >= 0.6 is 0 Å². The first-order valence-electron chi connectivity index (χ1n) is 5.05. The molecule has 0 heterocycles. The van der Waals surface area contributed by atoms with Gasteiger partial charge in [0.25, 0.3) is 0 Å². The SMILES string of the molecule is C=C(C)C(=O)OCC(CCOCC)OC. The number of methoxy groups -OCH3 is 1. The normalized spacial score (nSPS) is 12.2. The first kappa shape index (κ1) is 14.1. The van der Waals surface area contributed by atoms with E-state index >= 15 is 0 Å². The highest BCUT2D eigenvalue weighted by Crippen LogP contribution is 2.01. The molecule has 0 aliphatic rings. The van der Waals surface area contributed by atoms with Crippen molar-refractivity contribution < 1.29 is 19.0 Å². The zero-order valence-corrected chi connectivity index (χ0v) is 9.75. The van der Waals surface area contributed by atoms with Crippen molar-refractivity contribution in [1.82, 2.24) is 0 Å². The molecular formula is C11H20O4. The third kappa shape index (κ3) is 7.11. The Labute approximate surface area is 91.2 Å². The first-order chi connectivity index (χ1) is 7.11. The summed E-state index contributed by atoms with van der Waals surface area (Å²) >= 11 is 0. The number of rotatable bonds is 8. The molecule has 0 spiro atoms. The van der Waals surface area contributed by atoms with Gasteiger partial charge in [0.1, 0.15) is 6.61 Å². The van der Waals surface area contributed by atoms with Gasteiger partial charge in [0.2, 0.25) is 0 Å². The second-order valence-corrected chi connectivity index (χ2v) is 3.22. The van der Waals surface area contributed by atoms with Gasteiger partial charge in [-0.05, 0) is 13.8 Å². The molecule has 0 fully saturated rings. The Balaban J connectivity index is 3.69. The predicted molar refractivity (Wildman–Crippen MR) is 57.7 cm³/mol. The fourth-order valence-corrected chi connectivity index (χ4v) is 0.920. The van der Waals surface area contributed by atoms with Crippen LogP contribution in [0.3, 0.4) is 0 Å². The smallest absolute Gasteiger partial charge is 0.333 e. The van der Waals surface area contributed by atoms with Crippen LogP contribution in [0, 0.1) is 0 Å². The minimum absolute atomic E-state index is 0.111. The lowest BCUT2D eigenvalue weighted by atomic mass is 10.3. The minimum Gasteiger partial charge on any atom is -0.460 e. The average Bonchev–Trinajstić information content (AvgIpc) is 2.22. The molecule has 0 N–H and O–H groups in total. The van der Waals surface area contributed by atoms with E-state index in [0.717, 1.165) is 0 Å². The second kappa shape index (κ2) is 8.44. The van der Waals surface area contributed by atoms with E-state index in [0.29, 0.717) is 25.2 Å². The Morgan fingerprint density at radius 3 is 2.60 bits per heavy atom. The molecule has 1 atom stereocenters. The third-order valence-corrected chi connectivity index (χ3v) is 1.87. The van der Waals surface area contributed by atoms with E-state index in [4.69, 9.17) is 14.2 Å². The van der Waals surface area contributed by atoms with Crippen LogP contribution in [0.25, 0.3) is 0 Å². The Morgan fingerprint density at radius 2 is 2.13 bits per heavy atom. The summed E-state index contributed by atoms with van der Waals surface area (Å²) in [7, 11) is 1.59. The lowest BCUT2D eigenvalue weighted by Gasteiger charge is -2.15. The third-order valence-electron chi connectivity index (χ3n) is 1.87. The number of ether oxygens (including phenoxy) is 3. The summed E-state index contributed by atoms with van der Waals surface area (Å²) in [6.45, 7) is 8.58. The van der Waals surface area contributed by atoms with Crippen LogP contribution in [-0.2, 0) is 19.0 Å². The Kier molecular flexibility index (Phi) is 7.95. The van der Waals surface area contributed by atoms with Gasteiger partial charge in [-0.15, -0.1) is 0 Å². The van der Waals surface area contributed by atoms with Gasteiger partial charge < -0.3 is 14.2 Å². The van der Waals surface area contributed by atoms with Crippen LogP contribution < -0.4 is 0 Å². The van der Waals surface area contributed by atoms with E-state index < -0.39 is 0 Å². The Bertz CT molecular complexity index is 201. The van der Waals surface area contributed by atoms with Crippen molar-refractivity contribution in [2.75, 3.05) is 26.9 Å². The van der Waals surface area contributed by atoms with Crippen molar-refractivity contribution in [2.45, 2.75) is 26.4 Å². The second-order valence-electron chi connectivity index (χ2n) is 3.22. The molecule has 0 saturated carbocycles. The van der Waals surface area contributed by atoms with E-state index in [1.807, 2.05) is 6.92 Å². The van der Waals surface area contributed by atoms with Crippen molar-refractivity contribution in [3.63, 3.8) is 0 Å². The van der Waals surface area contributed by atoms with Gasteiger partial charge in [0.05, 0.1) is 6.10 Å². The topological polar surface area (TPSA) is 44.8 Å². The monoisotopic (exact) mass is 216 g/mol. The van der Waals surface area contributed by atoms with Gasteiger partial charge >= 0.3 is 5.97 Å². The van der Waals surface area contributed by atoms with Crippen molar-refractivity contribution in [3.05, 3.63) is 12.2 Å². The van der Waals surface area contributed by atoms with Crippen LogP contribution in [0.1, 0.15) is 20.3 Å². The zero-order chi connectivity index (χ0) is 11.7. The molecule has 0 aromatic carbocycles. The molecular weight excluding hydrogens is 196 g/mol. The molecule has 0 aliphatic heterocycles. The van der Waals surface area contributed by atoms with E-state index in [1.54, 1.807) is 14.0 Å². The highest BCUT2D eigenvalue weighted by molar-refractivity contribution is 5.86. The minimum atomic E-state index is -0.381. The lowest BCUT2D eigenvalue weighted by molar-refractivity contribution is -0.142. The van der Waals surface area contributed by atoms with Gasteiger partial charge in [-0.1, -0.05) is 6.58 Å². The van der Waals surface area contributed by atoms with Crippen LogP contribution in [0.2, 0.25) is 0 Å². The highest BCUT2D eigenvalue weighted by atomic mass is 16.6. The van der Waals surface area contributed by atoms with Crippen LogP contribution in [0.4, 0.5) is 0 Å². The summed E-state index contributed by atoms with van der Waals surface area (Å²) in [6.07, 6.45) is 0.605. The molecule has 1 unspecified atom stereocenters. The number of esters is 1. The molecule has 0 aromatic heterocycles. The summed E-state index contributed by atoms with van der Waals surface area (Å²) in [5.74, 6) is -0.381. The summed E-state index contributed by atoms with van der Waals surface area (Å²) in [6, 6.07) is 0. The fraction of sp³-hybridized carbons (Fsp3) is 0.727. The van der Waals surface area contributed by atoms with E-state index in [9.17, 15) is 4.79 Å². The summed E-state index contributed by atoms with van der Waals surface area (Å²) < 4.78 is 15.3. The number of carbonyl (C=O) groups is 1. The molecule has 0 aromatic rings. The molecule has 4 heteroatoms. The average molecular weight is 216 g/mol. The fourth-order valence-electron chi connectivity index (χ4n) is 0.920. The van der Waals surface area contributed by atoms with Gasteiger partial charge in [-0.3, -0.25) is 0 Å². The van der Waals surface area contributed by atoms with Crippen LogP contribution in [0.5, 0.6) is 0 Å². The molecule has 0 radical (unpaired) electrons. The molecule has 0 amide bonds. The molecule has 88 valence electrons. The van der Waals surface area contributed by atoms with Crippen molar-refractivity contribution in [1.29, 1.82) is 0 Å². The van der Waals surface area contributed by atoms with Gasteiger partial charge in [-0.25, -0.2) is 4.79 Å². The first-order valence-corrected chi connectivity index (χ1v) is 5.05. The number of carbonyl (C=O) groups excluding carboxylic acids is 1. The molecule has 0 aliphatic carbocycles. The summed E-state index contributed by atoms with van der Waals surface area (Å²) in [5.41, 5.74) is 0.398. The Morgan fingerprint density at radius 1 is 1.47 bits per heavy atom. The molecule has 0 rings (SSSR count). The molecule has 0 saturated heterocycles. The largest absolute Gasteiger partial charge is 0.460 e. The molecule has 15 heavy (non-hydrogen) atoms. The van der Waals surface area contributed by atoms with Crippen molar-refractivity contribution in [2.24, 2.45) is 0 Å². The van der Waals surface area contributed by atoms with Crippen molar-refractivity contribution in [3.8, 4) is 0 Å². The van der Waals surface area contributed by atoms with Gasteiger partial charge in [-0.2, -0.15) is 0 Å². The molecule has 4 nitrogen and oxygen atoms in total. The Hall–Kier alpha value is -0.870. The van der Waals surface area contributed by atoms with Gasteiger partial charge in [0, 0.05) is 32.3 Å². The van der Waals surface area contributed by atoms with Crippen molar-refractivity contribution >= 4 is 5.97 Å². The van der Waals surface area contributed by atoms with Crippen LogP contribution in [-0.4, -0.2) is 39.0 Å². The quantitative estimate of drug-likeness (QED) is 0.351. The number of hydrogen-bond donors (Lipinski definition) is 0. The van der Waals surface area contributed by atoms with E-state index in [2.05, 4.69) is 6.58 Å². The maximum Gasteiger partial charge on any atom is 0.333 e. The summed E-state index contributed by atoms with van der Waals surface area (Å²) in [4.78, 5) is 11.1. The summed E-state index contributed by atoms with van der Waals surface area (Å²) in [5, 5.41) is 0. The van der Waals surface area contributed by atoms with E-state index in [1.165, 1.54) is 0 Å². The van der Waals surface area contributed by atoms with Gasteiger partial charge in [0.15, 0.2) is 0 Å². The lowest BCUT2D eigenvalue weighted by Crippen LogP contribution is -2.22. The highest BCUT2D eigenvalue weighted by Gasteiger charge is 2.11. The zero-order valence-electron chi connectivity index (χ0n) is 9.75. The van der Waals surface area contributed by atoms with Crippen LogP contribution in [0.15, 0.2) is 12.2 Å². The molecule has 0 bridgehead atoms.